The first-order chi connectivity index (χ1) is 17.3. The van der Waals surface area contributed by atoms with Crippen molar-refractivity contribution < 1.29 is 0 Å². The highest BCUT2D eigenvalue weighted by Crippen LogP contribution is 2.32. The maximum Gasteiger partial charge on any atom is 0.225 e. The molecule has 35 heavy (non-hydrogen) atoms. The molecular formula is C28H37N7. The summed E-state index contributed by atoms with van der Waals surface area (Å²) in [6.45, 7) is 3.06. The van der Waals surface area contributed by atoms with Crippen molar-refractivity contribution in [2.45, 2.75) is 82.8 Å². The lowest BCUT2D eigenvalue weighted by Gasteiger charge is -2.26. The van der Waals surface area contributed by atoms with Gasteiger partial charge in [0.15, 0.2) is 0 Å². The van der Waals surface area contributed by atoms with Gasteiger partial charge in [-0.2, -0.15) is 10.1 Å². The Morgan fingerprint density at radius 1 is 0.886 bits per heavy atom. The monoisotopic (exact) mass is 471 g/mol. The van der Waals surface area contributed by atoms with Crippen LogP contribution in [-0.4, -0.2) is 45.3 Å². The molecule has 0 bridgehead atoms. The Kier molecular flexibility index (Phi) is 6.67. The average Bonchev–Trinajstić information content (AvgIpc) is 3.61. The molecule has 1 aromatic carbocycles. The molecule has 0 amide bonds. The summed E-state index contributed by atoms with van der Waals surface area (Å²) in [5, 5.41) is 15.1. The molecule has 1 saturated carbocycles. The lowest BCUT2D eigenvalue weighted by atomic mass is 10.1. The maximum atomic E-state index is 5.13. The summed E-state index contributed by atoms with van der Waals surface area (Å²) in [5.41, 5.74) is 6.17. The number of anilines is 2. The van der Waals surface area contributed by atoms with Crippen LogP contribution in [0.2, 0.25) is 0 Å². The Balaban J connectivity index is 1.16. The first-order valence-electron chi connectivity index (χ1n) is 13.6. The van der Waals surface area contributed by atoms with Gasteiger partial charge in [-0.25, -0.2) is 4.98 Å². The number of nitrogens with zero attached hydrogens (tertiary/aromatic N) is 4. The first kappa shape index (κ1) is 22.5. The minimum Gasteiger partial charge on any atom is -0.356 e. The molecule has 7 heteroatoms. The van der Waals surface area contributed by atoms with Gasteiger partial charge in [-0.15, -0.1) is 0 Å². The van der Waals surface area contributed by atoms with Gasteiger partial charge >= 0.3 is 0 Å². The quantitative estimate of drug-likeness (QED) is 0.457. The van der Waals surface area contributed by atoms with Gasteiger partial charge in [-0.05, 0) is 56.9 Å². The SMILES string of the molecule is c1ccc(-c2[nH]ncc2CNC2CCCC2Nc2nc3c(c(N4CCCCCC4)n2)CCC3)cc1. The summed E-state index contributed by atoms with van der Waals surface area (Å²) in [6.07, 6.45) is 14.1. The van der Waals surface area contributed by atoms with E-state index in [1.807, 2.05) is 12.3 Å². The van der Waals surface area contributed by atoms with Crippen molar-refractivity contribution in [3.8, 4) is 11.3 Å². The zero-order valence-corrected chi connectivity index (χ0v) is 20.6. The third-order valence-corrected chi connectivity index (χ3v) is 7.98. The highest BCUT2D eigenvalue weighted by Gasteiger charge is 2.29. The van der Waals surface area contributed by atoms with Crippen LogP contribution in [0.25, 0.3) is 11.3 Å². The number of nitrogens with one attached hydrogen (secondary N) is 3. The summed E-state index contributed by atoms with van der Waals surface area (Å²) >= 11 is 0. The van der Waals surface area contributed by atoms with Crippen LogP contribution >= 0.6 is 0 Å². The van der Waals surface area contributed by atoms with E-state index in [-0.39, 0.29) is 0 Å². The number of aryl methyl sites for hydroxylation is 1. The maximum absolute atomic E-state index is 5.13. The molecule has 3 heterocycles. The third kappa shape index (κ3) is 4.92. The normalized spacial score (nSPS) is 22.2. The molecule has 184 valence electrons. The molecule has 3 aliphatic rings. The van der Waals surface area contributed by atoms with Crippen molar-refractivity contribution >= 4 is 11.8 Å². The molecular weight excluding hydrogens is 434 g/mol. The summed E-state index contributed by atoms with van der Waals surface area (Å²) < 4.78 is 0. The summed E-state index contributed by atoms with van der Waals surface area (Å²) in [4.78, 5) is 12.7. The standard InChI is InChI=1S/C28H37N7/c1-2-7-17-35(16-6-1)27-22-12-8-13-23(22)31-28(33-27)32-25-15-9-14-24(25)29-18-21-19-30-34-26(21)20-10-4-3-5-11-20/h3-5,10-11,19,24-25,29H,1-2,6-9,12-18H2,(H,30,34)(H,31,32,33). The van der Waals surface area contributed by atoms with E-state index in [0.29, 0.717) is 12.1 Å². The number of aromatic nitrogens is 4. The Hall–Kier alpha value is -2.93. The summed E-state index contributed by atoms with van der Waals surface area (Å²) in [7, 11) is 0. The Morgan fingerprint density at radius 3 is 2.57 bits per heavy atom. The molecule has 0 radical (unpaired) electrons. The minimum absolute atomic E-state index is 0.346. The number of benzene rings is 1. The molecule has 2 atom stereocenters. The second-order valence-corrected chi connectivity index (χ2v) is 10.4. The van der Waals surface area contributed by atoms with Crippen molar-refractivity contribution in [3.63, 3.8) is 0 Å². The molecule has 0 spiro atoms. The van der Waals surface area contributed by atoms with Crippen molar-refractivity contribution in [2.75, 3.05) is 23.3 Å². The number of fused-ring (bicyclic) bond motifs is 1. The van der Waals surface area contributed by atoms with E-state index < -0.39 is 0 Å². The van der Waals surface area contributed by atoms with E-state index in [1.54, 1.807) is 0 Å². The van der Waals surface area contributed by atoms with Gasteiger partial charge in [0.1, 0.15) is 5.82 Å². The molecule has 3 aromatic rings. The van der Waals surface area contributed by atoms with Gasteiger partial charge in [0.25, 0.3) is 0 Å². The molecule has 1 aliphatic heterocycles. The van der Waals surface area contributed by atoms with E-state index in [9.17, 15) is 0 Å². The van der Waals surface area contributed by atoms with Crippen LogP contribution in [0.5, 0.6) is 0 Å². The Labute approximate surface area is 208 Å². The van der Waals surface area contributed by atoms with Crippen molar-refractivity contribution in [1.82, 2.24) is 25.5 Å². The fourth-order valence-corrected chi connectivity index (χ4v) is 6.11. The Morgan fingerprint density at radius 2 is 1.71 bits per heavy atom. The van der Waals surface area contributed by atoms with Gasteiger partial charge < -0.3 is 15.5 Å². The molecule has 2 aromatic heterocycles. The second kappa shape index (κ2) is 10.4. The molecule has 1 saturated heterocycles. The number of H-pyrrole nitrogens is 1. The topological polar surface area (TPSA) is 81.8 Å². The number of aromatic amines is 1. The number of hydrogen-bond donors (Lipinski definition) is 3. The molecule has 7 nitrogen and oxygen atoms in total. The van der Waals surface area contributed by atoms with Gasteiger partial charge in [0, 0.05) is 42.8 Å². The summed E-state index contributed by atoms with van der Waals surface area (Å²) in [6, 6.07) is 11.2. The van der Waals surface area contributed by atoms with Crippen LogP contribution < -0.4 is 15.5 Å². The third-order valence-electron chi connectivity index (χ3n) is 7.98. The van der Waals surface area contributed by atoms with Crippen LogP contribution in [0.4, 0.5) is 11.8 Å². The number of hydrogen-bond acceptors (Lipinski definition) is 6. The van der Waals surface area contributed by atoms with E-state index in [2.05, 4.69) is 50.0 Å². The van der Waals surface area contributed by atoms with Gasteiger partial charge in [-0.3, -0.25) is 5.10 Å². The predicted molar refractivity (Wildman–Crippen MR) is 141 cm³/mol. The van der Waals surface area contributed by atoms with Crippen molar-refractivity contribution in [3.05, 3.63) is 53.3 Å². The second-order valence-electron chi connectivity index (χ2n) is 10.4. The van der Waals surface area contributed by atoms with Gasteiger partial charge in [0.2, 0.25) is 5.95 Å². The van der Waals surface area contributed by atoms with Crippen LogP contribution in [0.1, 0.15) is 68.2 Å². The molecule has 2 aliphatic carbocycles. The fraction of sp³-hybridized carbons (Fsp3) is 0.536. The zero-order valence-electron chi connectivity index (χ0n) is 20.6. The van der Waals surface area contributed by atoms with Crippen LogP contribution in [0, 0.1) is 0 Å². The molecule has 3 N–H and O–H groups in total. The minimum atomic E-state index is 0.346. The highest BCUT2D eigenvalue weighted by atomic mass is 15.2. The molecule has 2 fully saturated rings. The smallest absolute Gasteiger partial charge is 0.225 e. The van der Waals surface area contributed by atoms with Crippen LogP contribution in [0.15, 0.2) is 36.5 Å². The van der Waals surface area contributed by atoms with Crippen LogP contribution in [0.3, 0.4) is 0 Å². The van der Waals surface area contributed by atoms with Gasteiger partial charge in [0.05, 0.1) is 17.6 Å². The fourth-order valence-electron chi connectivity index (χ4n) is 6.11. The highest BCUT2D eigenvalue weighted by molar-refractivity contribution is 5.62. The van der Waals surface area contributed by atoms with Crippen molar-refractivity contribution in [1.29, 1.82) is 0 Å². The summed E-state index contributed by atoms with van der Waals surface area (Å²) in [5.74, 6) is 2.04. The van der Waals surface area contributed by atoms with E-state index in [4.69, 9.17) is 9.97 Å². The average molecular weight is 472 g/mol. The number of rotatable bonds is 7. The van der Waals surface area contributed by atoms with Crippen molar-refractivity contribution in [2.24, 2.45) is 0 Å². The van der Waals surface area contributed by atoms with E-state index >= 15 is 0 Å². The largest absolute Gasteiger partial charge is 0.356 e. The lowest BCUT2D eigenvalue weighted by molar-refractivity contribution is 0.491. The van der Waals surface area contributed by atoms with Crippen LogP contribution in [-0.2, 0) is 19.4 Å². The van der Waals surface area contributed by atoms with E-state index in [0.717, 1.165) is 50.5 Å². The van der Waals surface area contributed by atoms with E-state index in [1.165, 1.54) is 73.1 Å². The first-order valence-corrected chi connectivity index (χ1v) is 13.6. The predicted octanol–water partition coefficient (Wildman–Crippen LogP) is 4.86. The van der Waals surface area contributed by atoms with Gasteiger partial charge in [-0.1, -0.05) is 43.2 Å². The zero-order chi connectivity index (χ0) is 23.5. The molecule has 2 unspecified atom stereocenters. The lowest BCUT2D eigenvalue weighted by Crippen LogP contribution is -2.40. The molecule has 6 rings (SSSR count). The Bertz CT molecular complexity index is 1120.